The third-order valence-electron chi connectivity index (χ3n) is 9.59. The number of phosphoric acid groups is 1. The molecule has 0 aromatic carbocycles. The fraction of sp³-hybridized carbons (Fsp3) is 1.00. The van der Waals surface area contributed by atoms with E-state index in [1.807, 2.05) is 0 Å². The molecule has 312 valence electrons. The first-order valence-corrected chi connectivity index (χ1v) is 24.5. The predicted octanol–water partition coefficient (Wildman–Crippen LogP) is 14.6. The fourth-order valence-corrected chi connectivity index (χ4v) is 6.51. The Morgan fingerprint density at radius 2 is 0.529 bits per heavy atom. The standard InChI is InChI=1S/2C16H35N.C12H27O4P/c2*1-3-5-7-9-11-13-15-17-16-14-12-10-8-6-4-2;1-2-3-4-5-6-7-8-9-10-11-12-16-17(13,14)15/h2*17H,3-16H2,1-2H3;2-12H2,1H3,(H2,13,14,15). The highest BCUT2D eigenvalue weighted by molar-refractivity contribution is 7.46. The van der Waals surface area contributed by atoms with Crippen molar-refractivity contribution in [1.82, 2.24) is 10.6 Å². The van der Waals surface area contributed by atoms with Crippen molar-refractivity contribution in [2.24, 2.45) is 0 Å². The summed E-state index contributed by atoms with van der Waals surface area (Å²) in [6.07, 6.45) is 45.8. The average molecular weight is 749 g/mol. The molecule has 0 saturated heterocycles. The van der Waals surface area contributed by atoms with Crippen molar-refractivity contribution in [2.45, 2.75) is 253 Å². The summed E-state index contributed by atoms with van der Waals surface area (Å²) in [6, 6.07) is 0. The summed E-state index contributed by atoms with van der Waals surface area (Å²) in [5, 5.41) is 7.13. The summed E-state index contributed by atoms with van der Waals surface area (Å²) >= 11 is 0. The second kappa shape index (κ2) is 52.1. The van der Waals surface area contributed by atoms with Crippen LogP contribution in [-0.2, 0) is 9.09 Å². The van der Waals surface area contributed by atoms with Gasteiger partial charge in [0.15, 0.2) is 0 Å². The van der Waals surface area contributed by atoms with E-state index >= 15 is 0 Å². The maximum atomic E-state index is 10.4. The molecule has 0 bridgehead atoms. The summed E-state index contributed by atoms with van der Waals surface area (Å²) in [6.45, 7) is 16.5. The Kier molecular flexibility index (Phi) is 56.6. The van der Waals surface area contributed by atoms with E-state index in [2.05, 4.69) is 49.8 Å². The van der Waals surface area contributed by atoms with Gasteiger partial charge >= 0.3 is 7.82 Å². The van der Waals surface area contributed by atoms with Gasteiger partial charge in [0.2, 0.25) is 0 Å². The Hall–Kier alpha value is 0.0300. The molecule has 6 nitrogen and oxygen atoms in total. The van der Waals surface area contributed by atoms with E-state index in [0.29, 0.717) is 0 Å². The van der Waals surface area contributed by atoms with Gasteiger partial charge in [0, 0.05) is 0 Å². The summed E-state index contributed by atoms with van der Waals surface area (Å²) in [5.74, 6) is 0. The van der Waals surface area contributed by atoms with Crippen LogP contribution in [0, 0.1) is 0 Å². The normalized spacial score (nSPS) is 11.3. The topological polar surface area (TPSA) is 90.8 Å². The lowest BCUT2D eigenvalue weighted by atomic mass is 10.1. The van der Waals surface area contributed by atoms with Gasteiger partial charge in [-0.3, -0.25) is 4.52 Å². The first-order valence-electron chi connectivity index (χ1n) is 23.0. The molecule has 0 amide bonds. The largest absolute Gasteiger partial charge is 0.469 e. The molecule has 7 heteroatoms. The Balaban J connectivity index is -0.000000678. The molecule has 0 aromatic heterocycles. The van der Waals surface area contributed by atoms with E-state index in [1.54, 1.807) is 0 Å². The van der Waals surface area contributed by atoms with Crippen molar-refractivity contribution in [1.29, 1.82) is 0 Å². The Labute approximate surface area is 322 Å². The van der Waals surface area contributed by atoms with Gasteiger partial charge in [-0.1, -0.05) is 221 Å². The van der Waals surface area contributed by atoms with Gasteiger partial charge in [-0.05, 0) is 58.3 Å². The van der Waals surface area contributed by atoms with Crippen LogP contribution in [0.15, 0.2) is 0 Å². The van der Waals surface area contributed by atoms with Gasteiger partial charge in [0.1, 0.15) is 0 Å². The highest BCUT2D eigenvalue weighted by Gasteiger charge is 2.12. The van der Waals surface area contributed by atoms with Crippen LogP contribution in [0.3, 0.4) is 0 Å². The number of nitrogens with one attached hydrogen (secondary N) is 2. The number of hydrogen-bond acceptors (Lipinski definition) is 4. The van der Waals surface area contributed by atoms with E-state index in [1.165, 1.54) is 225 Å². The predicted molar refractivity (Wildman–Crippen MR) is 229 cm³/mol. The van der Waals surface area contributed by atoms with Crippen LogP contribution in [0.1, 0.15) is 253 Å². The van der Waals surface area contributed by atoms with Gasteiger partial charge in [0.05, 0.1) is 6.61 Å². The second-order valence-corrected chi connectivity index (χ2v) is 16.3. The highest BCUT2D eigenvalue weighted by atomic mass is 31.2. The Morgan fingerprint density at radius 1 is 0.333 bits per heavy atom. The van der Waals surface area contributed by atoms with Gasteiger partial charge in [-0.25, -0.2) is 4.57 Å². The quantitative estimate of drug-likeness (QED) is 0.0368. The lowest BCUT2D eigenvalue weighted by molar-refractivity contribution is 0.193. The minimum absolute atomic E-state index is 0.167. The smallest absolute Gasteiger partial charge is 0.317 e. The minimum Gasteiger partial charge on any atom is -0.317 e. The molecule has 0 saturated carbocycles. The van der Waals surface area contributed by atoms with Crippen molar-refractivity contribution in [3.63, 3.8) is 0 Å². The number of rotatable bonds is 40. The van der Waals surface area contributed by atoms with Crippen LogP contribution in [-0.4, -0.2) is 42.6 Å². The summed E-state index contributed by atoms with van der Waals surface area (Å²) in [4.78, 5) is 16.9. The van der Waals surface area contributed by atoms with Crippen LogP contribution >= 0.6 is 7.82 Å². The van der Waals surface area contributed by atoms with Crippen LogP contribution in [0.5, 0.6) is 0 Å². The molecule has 0 spiro atoms. The van der Waals surface area contributed by atoms with Gasteiger partial charge in [0.25, 0.3) is 0 Å². The van der Waals surface area contributed by atoms with E-state index < -0.39 is 7.82 Å². The molecule has 0 aliphatic rings. The van der Waals surface area contributed by atoms with E-state index in [-0.39, 0.29) is 6.61 Å². The molecule has 0 aliphatic carbocycles. The van der Waals surface area contributed by atoms with Crippen molar-refractivity contribution in [2.75, 3.05) is 32.8 Å². The van der Waals surface area contributed by atoms with Crippen molar-refractivity contribution in [3.05, 3.63) is 0 Å². The van der Waals surface area contributed by atoms with Gasteiger partial charge < -0.3 is 20.4 Å². The van der Waals surface area contributed by atoms with E-state index in [0.717, 1.165) is 19.3 Å². The molecule has 0 atom stereocenters. The minimum atomic E-state index is -4.24. The van der Waals surface area contributed by atoms with Crippen LogP contribution in [0.2, 0.25) is 0 Å². The number of hydrogen-bond donors (Lipinski definition) is 4. The molecule has 0 heterocycles. The van der Waals surface area contributed by atoms with Crippen LogP contribution in [0.25, 0.3) is 0 Å². The van der Waals surface area contributed by atoms with Crippen molar-refractivity contribution >= 4 is 7.82 Å². The third kappa shape index (κ3) is 65.3. The molecule has 0 aliphatic heterocycles. The van der Waals surface area contributed by atoms with E-state index in [9.17, 15) is 4.57 Å². The lowest BCUT2D eigenvalue weighted by Gasteiger charge is -2.05. The summed E-state index contributed by atoms with van der Waals surface area (Å²) < 4.78 is 14.7. The van der Waals surface area contributed by atoms with Crippen molar-refractivity contribution in [3.8, 4) is 0 Å². The SMILES string of the molecule is CCCCCCCCCCCCOP(=O)(O)O.CCCCCCCCNCCCCCCCC.CCCCCCCCNCCCCCCCC. The highest BCUT2D eigenvalue weighted by Crippen LogP contribution is 2.35. The fourth-order valence-electron chi connectivity index (χ4n) is 6.14. The lowest BCUT2D eigenvalue weighted by Crippen LogP contribution is -2.16. The monoisotopic (exact) mass is 749 g/mol. The van der Waals surface area contributed by atoms with Gasteiger partial charge in [-0.2, -0.15) is 0 Å². The number of phosphoric ester groups is 1. The number of unbranched alkanes of at least 4 members (excludes halogenated alkanes) is 29. The maximum Gasteiger partial charge on any atom is 0.469 e. The maximum absolute atomic E-state index is 10.4. The van der Waals surface area contributed by atoms with E-state index in [4.69, 9.17) is 9.79 Å². The Bertz CT molecular complexity index is 562. The first-order chi connectivity index (χ1) is 24.9. The molecule has 0 fully saturated rings. The average Bonchev–Trinajstić information content (AvgIpc) is 3.11. The zero-order chi connectivity index (χ0) is 38.2. The molecular weight excluding hydrogens is 651 g/mol. The molecular formula is C44H97N2O4P. The zero-order valence-electron chi connectivity index (χ0n) is 35.7. The molecule has 4 N–H and O–H groups in total. The first kappa shape index (κ1) is 55.4. The zero-order valence-corrected chi connectivity index (χ0v) is 36.6. The molecule has 0 rings (SSSR count). The summed E-state index contributed by atoms with van der Waals surface area (Å²) in [7, 11) is -4.24. The summed E-state index contributed by atoms with van der Waals surface area (Å²) in [5.41, 5.74) is 0. The van der Waals surface area contributed by atoms with Crippen LogP contribution in [0.4, 0.5) is 0 Å². The van der Waals surface area contributed by atoms with Crippen LogP contribution < -0.4 is 10.6 Å². The molecule has 51 heavy (non-hydrogen) atoms. The molecule has 0 radical (unpaired) electrons. The molecule has 0 unspecified atom stereocenters. The molecule has 0 aromatic rings. The third-order valence-corrected chi connectivity index (χ3v) is 10.1. The Morgan fingerprint density at radius 3 is 0.745 bits per heavy atom. The van der Waals surface area contributed by atoms with Crippen molar-refractivity contribution < 1.29 is 18.9 Å². The van der Waals surface area contributed by atoms with Gasteiger partial charge in [-0.15, -0.1) is 0 Å². The second-order valence-electron chi connectivity index (χ2n) is 15.1.